The van der Waals surface area contributed by atoms with Crippen LogP contribution in [0.25, 0.3) is 0 Å². The monoisotopic (exact) mass is 364 g/mol. The first-order valence-corrected chi connectivity index (χ1v) is 8.32. The Hall–Kier alpha value is -3.18. The van der Waals surface area contributed by atoms with Crippen molar-refractivity contribution < 1.29 is 14.3 Å². The van der Waals surface area contributed by atoms with E-state index in [0.717, 1.165) is 5.56 Å². The number of hydrogen-bond acceptors (Lipinski definition) is 4. The summed E-state index contributed by atoms with van der Waals surface area (Å²) in [5.74, 6) is 0.445. The van der Waals surface area contributed by atoms with Gasteiger partial charge in [-0.2, -0.15) is 0 Å². The minimum Gasteiger partial charge on any atom is -0.457 e. The summed E-state index contributed by atoms with van der Waals surface area (Å²) in [6, 6.07) is 15.3. The molecule has 0 saturated carbocycles. The SMILES string of the molecule is O=C1c2ccc(Oc3ccc(Cl)cc3)cc2C(=O)N1Cc1ccncc1. The molecule has 0 atom stereocenters. The van der Waals surface area contributed by atoms with E-state index in [9.17, 15) is 9.59 Å². The largest absolute Gasteiger partial charge is 0.457 e. The van der Waals surface area contributed by atoms with Crippen molar-refractivity contribution in [3.63, 3.8) is 0 Å². The van der Waals surface area contributed by atoms with Gasteiger partial charge in [0.1, 0.15) is 11.5 Å². The minimum absolute atomic E-state index is 0.211. The molecule has 0 N–H and O–H groups in total. The van der Waals surface area contributed by atoms with Gasteiger partial charge in [0.2, 0.25) is 0 Å². The zero-order valence-electron chi connectivity index (χ0n) is 13.6. The van der Waals surface area contributed by atoms with E-state index in [1.165, 1.54) is 4.90 Å². The predicted molar refractivity (Wildman–Crippen MR) is 96.4 cm³/mol. The number of fused-ring (bicyclic) bond motifs is 1. The van der Waals surface area contributed by atoms with Crippen molar-refractivity contribution in [2.24, 2.45) is 0 Å². The van der Waals surface area contributed by atoms with Gasteiger partial charge in [0, 0.05) is 17.4 Å². The second kappa shape index (κ2) is 6.61. The second-order valence-electron chi connectivity index (χ2n) is 5.82. The van der Waals surface area contributed by atoms with Crippen LogP contribution in [-0.2, 0) is 6.54 Å². The fraction of sp³-hybridized carbons (Fsp3) is 0.0500. The summed E-state index contributed by atoms with van der Waals surface area (Å²) in [4.78, 5) is 30.4. The lowest BCUT2D eigenvalue weighted by Gasteiger charge is -2.13. The third-order valence-electron chi connectivity index (χ3n) is 4.08. The number of rotatable bonds is 4. The highest BCUT2D eigenvalue weighted by Gasteiger charge is 2.35. The van der Waals surface area contributed by atoms with Crippen LogP contribution in [0.1, 0.15) is 26.3 Å². The summed E-state index contributed by atoms with van der Waals surface area (Å²) >= 11 is 5.86. The number of ether oxygens (including phenoxy) is 1. The number of benzene rings is 2. The van der Waals surface area contributed by atoms with Crippen molar-refractivity contribution in [2.75, 3.05) is 0 Å². The first kappa shape index (κ1) is 16.3. The molecule has 0 saturated heterocycles. The van der Waals surface area contributed by atoms with E-state index in [2.05, 4.69) is 4.98 Å². The molecule has 26 heavy (non-hydrogen) atoms. The number of pyridine rings is 1. The minimum atomic E-state index is -0.330. The highest BCUT2D eigenvalue weighted by atomic mass is 35.5. The summed E-state index contributed by atoms with van der Waals surface area (Å²) in [7, 11) is 0. The van der Waals surface area contributed by atoms with Gasteiger partial charge in [-0.3, -0.25) is 19.5 Å². The van der Waals surface area contributed by atoms with Gasteiger partial charge in [-0.25, -0.2) is 0 Å². The molecule has 1 aromatic heterocycles. The second-order valence-corrected chi connectivity index (χ2v) is 6.25. The standard InChI is InChI=1S/C20H13ClN2O3/c21-14-1-3-15(4-2-14)26-16-5-6-17-18(11-16)20(25)23(19(17)24)12-13-7-9-22-10-8-13/h1-11H,12H2. The molecule has 1 aliphatic heterocycles. The molecule has 0 radical (unpaired) electrons. The fourth-order valence-electron chi connectivity index (χ4n) is 2.79. The Morgan fingerprint density at radius 3 is 2.23 bits per heavy atom. The van der Waals surface area contributed by atoms with Gasteiger partial charge in [-0.1, -0.05) is 11.6 Å². The summed E-state index contributed by atoms with van der Waals surface area (Å²) in [5.41, 5.74) is 1.56. The molecule has 3 aromatic rings. The van der Waals surface area contributed by atoms with Crippen molar-refractivity contribution in [1.29, 1.82) is 0 Å². The molecule has 0 fully saturated rings. The average Bonchev–Trinajstić information content (AvgIpc) is 2.89. The van der Waals surface area contributed by atoms with Gasteiger partial charge in [-0.15, -0.1) is 0 Å². The van der Waals surface area contributed by atoms with Crippen molar-refractivity contribution in [3.05, 3.63) is 88.7 Å². The highest BCUT2D eigenvalue weighted by Crippen LogP contribution is 2.30. The molecule has 0 bridgehead atoms. The number of amides is 2. The number of nitrogens with zero attached hydrogens (tertiary/aromatic N) is 2. The van der Waals surface area contributed by atoms with Gasteiger partial charge in [0.05, 0.1) is 17.7 Å². The normalized spacial score (nSPS) is 13.0. The first-order chi connectivity index (χ1) is 12.6. The number of hydrogen-bond donors (Lipinski definition) is 0. The van der Waals surface area contributed by atoms with Crippen LogP contribution in [0.5, 0.6) is 11.5 Å². The molecule has 0 unspecified atom stereocenters. The smallest absolute Gasteiger partial charge is 0.262 e. The Labute approximate surface area is 154 Å². The van der Waals surface area contributed by atoms with Crippen molar-refractivity contribution in [1.82, 2.24) is 9.88 Å². The number of aromatic nitrogens is 1. The lowest BCUT2D eigenvalue weighted by atomic mass is 10.1. The fourth-order valence-corrected chi connectivity index (χ4v) is 2.91. The van der Waals surface area contributed by atoms with Crippen LogP contribution in [0.15, 0.2) is 67.0 Å². The predicted octanol–water partition coefficient (Wildman–Crippen LogP) is 4.32. The van der Waals surface area contributed by atoms with Crippen LogP contribution in [0, 0.1) is 0 Å². The van der Waals surface area contributed by atoms with E-state index in [4.69, 9.17) is 16.3 Å². The van der Waals surface area contributed by atoms with E-state index in [-0.39, 0.29) is 18.4 Å². The molecule has 2 amide bonds. The van der Waals surface area contributed by atoms with Crippen LogP contribution in [0.3, 0.4) is 0 Å². The Morgan fingerprint density at radius 1 is 0.846 bits per heavy atom. The molecule has 2 heterocycles. The molecule has 128 valence electrons. The number of carbonyl (C=O) groups excluding carboxylic acids is 2. The number of halogens is 1. The summed E-state index contributed by atoms with van der Waals surface area (Å²) in [6.45, 7) is 0.211. The maximum Gasteiger partial charge on any atom is 0.262 e. The molecule has 1 aliphatic rings. The lowest BCUT2D eigenvalue weighted by Crippen LogP contribution is -2.29. The third kappa shape index (κ3) is 3.05. The maximum atomic E-state index is 12.7. The van der Waals surface area contributed by atoms with Gasteiger partial charge >= 0.3 is 0 Å². The topological polar surface area (TPSA) is 59.5 Å². The number of imide groups is 1. The van der Waals surface area contributed by atoms with Crippen LogP contribution in [0.2, 0.25) is 5.02 Å². The van der Waals surface area contributed by atoms with E-state index in [1.807, 2.05) is 0 Å². The molecule has 2 aromatic carbocycles. The highest BCUT2D eigenvalue weighted by molar-refractivity contribution is 6.30. The molecule has 6 heteroatoms. The molecule has 4 rings (SSSR count). The molecular formula is C20H13ClN2O3. The van der Waals surface area contributed by atoms with E-state index in [0.29, 0.717) is 27.6 Å². The zero-order valence-corrected chi connectivity index (χ0v) is 14.3. The Kier molecular flexibility index (Phi) is 4.14. The van der Waals surface area contributed by atoms with Crippen LogP contribution >= 0.6 is 11.6 Å². The van der Waals surface area contributed by atoms with Crippen LogP contribution < -0.4 is 4.74 Å². The van der Waals surface area contributed by atoms with E-state index < -0.39 is 0 Å². The summed E-state index contributed by atoms with van der Waals surface area (Å²) in [6.07, 6.45) is 3.26. The molecule has 0 aliphatic carbocycles. The van der Waals surface area contributed by atoms with E-state index >= 15 is 0 Å². The maximum absolute atomic E-state index is 12.7. The van der Waals surface area contributed by atoms with Crippen molar-refractivity contribution in [3.8, 4) is 11.5 Å². The quantitative estimate of drug-likeness (QED) is 0.647. The van der Waals surface area contributed by atoms with Crippen LogP contribution in [0.4, 0.5) is 0 Å². The van der Waals surface area contributed by atoms with E-state index in [1.54, 1.807) is 67.0 Å². The van der Waals surface area contributed by atoms with Crippen molar-refractivity contribution >= 4 is 23.4 Å². The molecule has 0 spiro atoms. The summed E-state index contributed by atoms with van der Waals surface area (Å²) < 4.78 is 5.75. The Bertz CT molecular complexity index is 988. The van der Waals surface area contributed by atoms with Gasteiger partial charge in [-0.05, 0) is 60.2 Å². The molecule has 5 nitrogen and oxygen atoms in total. The first-order valence-electron chi connectivity index (χ1n) is 7.94. The number of carbonyl (C=O) groups is 2. The zero-order chi connectivity index (χ0) is 18.1. The van der Waals surface area contributed by atoms with Gasteiger partial charge in [0.15, 0.2) is 0 Å². The average molecular weight is 365 g/mol. The Balaban J connectivity index is 1.58. The molecular weight excluding hydrogens is 352 g/mol. The van der Waals surface area contributed by atoms with Gasteiger partial charge < -0.3 is 4.74 Å². The lowest BCUT2D eigenvalue weighted by molar-refractivity contribution is 0.0642. The van der Waals surface area contributed by atoms with Crippen LogP contribution in [-0.4, -0.2) is 21.7 Å². The third-order valence-corrected chi connectivity index (χ3v) is 4.33. The van der Waals surface area contributed by atoms with Crippen molar-refractivity contribution in [2.45, 2.75) is 6.54 Å². The summed E-state index contributed by atoms with van der Waals surface area (Å²) in [5, 5.41) is 0.610. The Morgan fingerprint density at radius 2 is 1.50 bits per heavy atom. The van der Waals surface area contributed by atoms with Gasteiger partial charge in [0.25, 0.3) is 11.8 Å².